The van der Waals surface area contributed by atoms with Gasteiger partial charge in [0.2, 0.25) is 5.91 Å². The smallest absolute Gasteiger partial charge is 0.326 e. The average molecular weight is 485 g/mol. The van der Waals surface area contributed by atoms with E-state index in [9.17, 15) is 18.0 Å². The molecule has 1 amide bonds. The number of rotatable bonds is 4. The Morgan fingerprint density at radius 1 is 1.11 bits per heavy atom. The number of carbonyl (C=O) groups is 1. The highest BCUT2D eigenvalue weighted by atomic mass is 79.9. The van der Waals surface area contributed by atoms with Crippen LogP contribution in [0.5, 0.6) is 0 Å². The average Bonchev–Trinajstić information content (AvgIpc) is 3.26. The van der Waals surface area contributed by atoms with Crippen LogP contribution in [-0.4, -0.2) is 59.3 Å². The summed E-state index contributed by atoms with van der Waals surface area (Å²) < 4.78 is 29.2. The van der Waals surface area contributed by atoms with Gasteiger partial charge in [0.25, 0.3) is 10.0 Å². The number of halogens is 1. The monoisotopic (exact) mass is 484 g/mol. The van der Waals surface area contributed by atoms with E-state index in [1.165, 1.54) is 20.2 Å². The molecule has 0 spiro atoms. The molecule has 4 rings (SSSR count). The SMILES string of the molecule is O=C(Cn1c(=O)[nH]c2ccccc21)N1CCN(S(=O)(=O)c2ccc(Br)s2)CC1. The summed E-state index contributed by atoms with van der Waals surface area (Å²) >= 11 is 4.45. The van der Waals surface area contributed by atoms with E-state index in [2.05, 4.69) is 20.9 Å². The van der Waals surface area contributed by atoms with Gasteiger partial charge in [-0.3, -0.25) is 9.36 Å². The van der Waals surface area contributed by atoms with E-state index in [-0.39, 0.29) is 35.4 Å². The maximum absolute atomic E-state index is 12.7. The van der Waals surface area contributed by atoms with Gasteiger partial charge in [-0.25, -0.2) is 13.2 Å². The Kier molecular flexibility index (Phi) is 5.17. The molecule has 1 aliphatic rings. The number of imidazole rings is 1. The van der Waals surface area contributed by atoms with Crippen molar-refractivity contribution in [1.82, 2.24) is 18.8 Å². The number of thiophene rings is 1. The van der Waals surface area contributed by atoms with Gasteiger partial charge in [0.05, 0.1) is 14.8 Å². The molecule has 8 nitrogen and oxygen atoms in total. The van der Waals surface area contributed by atoms with Crippen molar-refractivity contribution in [2.24, 2.45) is 0 Å². The van der Waals surface area contributed by atoms with Crippen molar-refractivity contribution in [2.75, 3.05) is 26.2 Å². The number of nitrogens with one attached hydrogen (secondary N) is 1. The van der Waals surface area contributed by atoms with Crippen molar-refractivity contribution in [3.8, 4) is 0 Å². The molecule has 0 atom stereocenters. The van der Waals surface area contributed by atoms with E-state index in [0.29, 0.717) is 24.1 Å². The highest BCUT2D eigenvalue weighted by Crippen LogP contribution is 2.29. The molecule has 1 N–H and O–H groups in total. The molecule has 0 aliphatic carbocycles. The molecule has 28 heavy (non-hydrogen) atoms. The lowest BCUT2D eigenvalue weighted by molar-refractivity contribution is -0.133. The second kappa shape index (κ2) is 7.47. The van der Waals surface area contributed by atoms with Crippen LogP contribution in [0, 0.1) is 0 Å². The fraction of sp³-hybridized carbons (Fsp3) is 0.294. The van der Waals surface area contributed by atoms with E-state index in [1.807, 2.05) is 12.1 Å². The molecule has 3 heterocycles. The van der Waals surface area contributed by atoms with Gasteiger partial charge in [-0.15, -0.1) is 11.3 Å². The Hall–Kier alpha value is -1.95. The molecule has 1 fully saturated rings. The summed E-state index contributed by atoms with van der Waals surface area (Å²) in [6.07, 6.45) is 0. The van der Waals surface area contributed by atoms with Crippen LogP contribution in [0.1, 0.15) is 0 Å². The molecular formula is C17H17BrN4O4S2. The molecule has 1 aromatic carbocycles. The standard InChI is InChI=1S/C17H17BrN4O4S2/c18-14-5-6-16(27-14)28(25,26)21-9-7-20(8-10-21)15(23)11-22-13-4-2-1-3-12(13)19-17(22)24/h1-6H,7-11H2,(H,19,24). The van der Waals surface area contributed by atoms with E-state index in [4.69, 9.17) is 0 Å². The number of aromatic amines is 1. The number of nitrogens with zero attached hydrogens (tertiary/aromatic N) is 3. The minimum atomic E-state index is -3.55. The first-order valence-corrected chi connectivity index (χ1v) is 11.6. The van der Waals surface area contributed by atoms with Crippen molar-refractivity contribution in [1.29, 1.82) is 0 Å². The Morgan fingerprint density at radius 2 is 1.82 bits per heavy atom. The zero-order valence-electron chi connectivity index (χ0n) is 14.7. The van der Waals surface area contributed by atoms with Crippen molar-refractivity contribution in [2.45, 2.75) is 10.8 Å². The lowest BCUT2D eigenvalue weighted by atomic mass is 10.3. The van der Waals surface area contributed by atoms with E-state index in [0.717, 1.165) is 3.79 Å². The Labute approximate surface area is 173 Å². The van der Waals surface area contributed by atoms with Crippen molar-refractivity contribution >= 4 is 54.2 Å². The molecule has 148 valence electrons. The summed E-state index contributed by atoms with van der Waals surface area (Å²) in [5.41, 5.74) is 1.02. The summed E-state index contributed by atoms with van der Waals surface area (Å²) in [6.45, 7) is 0.968. The third-order valence-electron chi connectivity index (χ3n) is 4.71. The van der Waals surface area contributed by atoms with Gasteiger partial charge in [0.15, 0.2) is 0 Å². The molecule has 3 aromatic rings. The van der Waals surface area contributed by atoms with Gasteiger partial charge in [-0.2, -0.15) is 4.31 Å². The maximum atomic E-state index is 12.7. The molecule has 0 unspecified atom stereocenters. The largest absolute Gasteiger partial charge is 0.338 e. The molecule has 1 aliphatic heterocycles. The number of amides is 1. The molecule has 1 saturated heterocycles. The van der Waals surface area contributed by atoms with Crippen LogP contribution < -0.4 is 5.69 Å². The molecule has 0 saturated carbocycles. The normalized spacial score (nSPS) is 16.0. The number of benzene rings is 1. The summed E-state index contributed by atoms with van der Waals surface area (Å²) in [7, 11) is -3.55. The topological polar surface area (TPSA) is 95.5 Å². The summed E-state index contributed by atoms with van der Waals surface area (Å²) in [5, 5.41) is 0. The van der Waals surface area contributed by atoms with Crippen LogP contribution >= 0.6 is 27.3 Å². The van der Waals surface area contributed by atoms with Crippen LogP contribution in [-0.2, 0) is 21.4 Å². The van der Waals surface area contributed by atoms with Gasteiger partial charge >= 0.3 is 5.69 Å². The minimum absolute atomic E-state index is 0.0759. The number of aromatic nitrogens is 2. The van der Waals surface area contributed by atoms with Crippen molar-refractivity contribution in [3.05, 3.63) is 50.7 Å². The van der Waals surface area contributed by atoms with Gasteiger partial charge in [0, 0.05) is 26.2 Å². The first kappa shape index (κ1) is 19.4. The van der Waals surface area contributed by atoms with E-state index < -0.39 is 10.0 Å². The van der Waals surface area contributed by atoms with Crippen molar-refractivity contribution < 1.29 is 13.2 Å². The molecule has 0 bridgehead atoms. The number of carbonyl (C=O) groups excluding carboxylic acids is 1. The number of hydrogen-bond donors (Lipinski definition) is 1. The number of H-pyrrole nitrogens is 1. The van der Waals surface area contributed by atoms with Gasteiger partial charge < -0.3 is 9.88 Å². The van der Waals surface area contributed by atoms with Crippen LogP contribution in [0.15, 0.2) is 49.2 Å². The van der Waals surface area contributed by atoms with E-state index >= 15 is 0 Å². The molecule has 0 radical (unpaired) electrons. The third kappa shape index (κ3) is 3.54. The summed E-state index contributed by atoms with van der Waals surface area (Å²) in [5.74, 6) is -0.206. The quantitative estimate of drug-likeness (QED) is 0.609. The fourth-order valence-corrected chi connectivity index (χ4v) is 6.83. The number of fused-ring (bicyclic) bond motifs is 1. The highest BCUT2D eigenvalue weighted by Gasteiger charge is 2.31. The van der Waals surface area contributed by atoms with Crippen LogP contribution in [0.4, 0.5) is 0 Å². The minimum Gasteiger partial charge on any atom is -0.338 e. The van der Waals surface area contributed by atoms with E-state index in [1.54, 1.807) is 29.2 Å². The zero-order chi connectivity index (χ0) is 19.9. The number of piperazine rings is 1. The second-order valence-electron chi connectivity index (χ2n) is 6.38. The van der Waals surface area contributed by atoms with Gasteiger partial charge in [0.1, 0.15) is 10.8 Å². The number of sulfonamides is 1. The summed E-state index contributed by atoms with van der Waals surface area (Å²) in [4.78, 5) is 29.1. The first-order valence-electron chi connectivity index (χ1n) is 8.57. The van der Waals surface area contributed by atoms with Crippen LogP contribution in [0.25, 0.3) is 11.0 Å². The molecule has 11 heteroatoms. The first-order chi connectivity index (χ1) is 13.4. The zero-order valence-corrected chi connectivity index (χ0v) is 17.9. The van der Waals surface area contributed by atoms with Crippen LogP contribution in [0.3, 0.4) is 0 Å². The predicted molar refractivity (Wildman–Crippen MR) is 110 cm³/mol. The predicted octanol–water partition coefficient (Wildman–Crippen LogP) is 1.69. The number of hydrogen-bond acceptors (Lipinski definition) is 5. The Bertz CT molecular complexity index is 1190. The third-order valence-corrected chi connectivity index (χ3v) is 8.70. The second-order valence-corrected chi connectivity index (χ2v) is 11.0. The fourth-order valence-electron chi connectivity index (χ4n) is 3.24. The Morgan fingerprint density at radius 3 is 2.50 bits per heavy atom. The van der Waals surface area contributed by atoms with Gasteiger partial charge in [-0.1, -0.05) is 12.1 Å². The molecule has 2 aromatic heterocycles. The maximum Gasteiger partial charge on any atom is 0.326 e. The number of para-hydroxylation sites is 2. The summed E-state index contributed by atoms with van der Waals surface area (Å²) in [6, 6.07) is 10.5. The Balaban J connectivity index is 1.44. The molecular weight excluding hydrogens is 468 g/mol. The van der Waals surface area contributed by atoms with Gasteiger partial charge in [-0.05, 0) is 40.2 Å². The van der Waals surface area contributed by atoms with Crippen LogP contribution in [0.2, 0.25) is 0 Å². The highest BCUT2D eigenvalue weighted by molar-refractivity contribution is 9.11. The lowest BCUT2D eigenvalue weighted by Gasteiger charge is -2.33. The lowest BCUT2D eigenvalue weighted by Crippen LogP contribution is -2.51. The van der Waals surface area contributed by atoms with Crippen molar-refractivity contribution in [3.63, 3.8) is 0 Å².